The summed E-state index contributed by atoms with van der Waals surface area (Å²) in [4.78, 5) is 20.8. The lowest BCUT2D eigenvalue weighted by atomic mass is 9.80. The number of hydrogen-bond donors (Lipinski definition) is 4. The molecule has 6 N–H and O–H groups in total. The zero-order chi connectivity index (χ0) is 27.1. The molecule has 0 saturated carbocycles. The van der Waals surface area contributed by atoms with Gasteiger partial charge in [-0.1, -0.05) is 90.8 Å². The number of nitrogen functional groups attached to an aromatic ring is 1. The molecule has 1 unspecified atom stereocenters. The lowest BCUT2D eigenvalue weighted by Crippen LogP contribution is -2.25. The summed E-state index contributed by atoms with van der Waals surface area (Å²) in [6, 6.07) is 14.0. The second kappa shape index (κ2) is 16.0. The minimum atomic E-state index is -1.13. The minimum Gasteiger partial charge on any atom is -0.478 e. The highest BCUT2D eigenvalue weighted by atomic mass is 16.4. The highest BCUT2D eigenvalue weighted by Crippen LogP contribution is 2.30. The number of hydrogen-bond acceptors (Lipinski definition) is 4. The zero-order valence-electron chi connectivity index (χ0n) is 22.5. The van der Waals surface area contributed by atoms with Crippen molar-refractivity contribution in [1.82, 2.24) is 0 Å². The summed E-state index contributed by atoms with van der Waals surface area (Å²) < 4.78 is 0. The molecule has 0 radical (unpaired) electrons. The third kappa shape index (κ3) is 12.2. The van der Waals surface area contributed by atoms with Gasteiger partial charge >= 0.3 is 11.9 Å². The summed E-state index contributed by atoms with van der Waals surface area (Å²) >= 11 is 0. The van der Waals surface area contributed by atoms with Crippen molar-refractivity contribution < 1.29 is 19.8 Å². The summed E-state index contributed by atoms with van der Waals surface area (Å²) in [7, 11) is 0. The zero-order valence-corrected chi connectivity index (χ0v) is 22.5. The van der Waals surface area contributed by atoms with Gasteiger partial charge in [0.05, 0.1) is 11.1 Å². The van der Waals surface area contributed by atoms with E-state index in [-0.39, 0.29) is 16.5 Å². The predicted molar refractivity (Wildman–Crippen MR) is 149 cm³/mol. The van der Waals surface area contributed by atoms with Crippen LogP contribution in [-0.2, 0) is 5.41 Å². The van der Waals surface area contributed by atoms with Crippen LogP contribution in [0.15, 0.2) is 48.5 Å². The monoisotopic (exact) mass is 498 g/mol. The fourth-order valence-corrected chi connectivity index (χ4v) is 4.03. The molecule has 0 aromatic heterocycles. The number of carbonyl (C=O) groups is 2. The van der Waals surface area contributed by atoms with E-state index in [4.69, 9.17) is 21.7 Å². The van der Waals surface area contributed by atoms with Gasteiger partial charge in [-0.25, -0.2) is 9.59 Å². The molecule has 0 saturated heterocycles. The molecule has 0 amide bonds. The third-order valence-electron chi connectivity index (χ3n) is 6.74. The van der Waals surface area contributed by atoms with Gasteiger partial charge in [-0.3, -0.25) is 0 Å². The SMILES string of the molecule is CC(C)C(N)CCCCCCCCCC(C)(C)c1ccc(N)cc1.O=C(O)c1cccc(C(=O)O)c1. The first-order chi connectivity index (χ1) is 16.9. The molecule has 0 heterocycles. The Morgan fingerprint density at radius 1 is 0.806 bits per heavy atom. The van der Waals surface area contributed by atoms with Crippen LogP contribution in [0, 0.1) is 5.92 Å². The Bertz CT molecular complexity index is 894. The van der Waals surface area contributed by atoms with E-state index in [9.17, 15) is 9.59 Å². The molecule has 36 heavy (non-hydrogen) atoms. The number of rotatable bonds is 14. The van der Waals surface area contributed by atoms with Crippen LogP contribution in [0.3, 0.4) is 0 Å². The van der Waals surface area contributed by atoms with Crippen molar-refractivity contribution in [2.75, 3.05) is 5.73 Å². The Balaban J connectivity index is 0.000000450. The molecule has 1 atom stereocenters. The first kappa shape index (κ1) is 31.2. The summed E-state index contributed by atoms with van der Waals surface area (Å²) in [6.45, 7) is 9.13. The molecule has 0 aliphatic carbocycles. The van der Waals surface area contributed by atoms with Gasteiger partial charge in [0.25, 0.3) is 0 Å². The quantitative estimate of drug-likeness (QED) is 0.162. The predicted octanol–water partition coefficient (Wildman–Crippen LogP) is 7.12. The van der Waals surface area contributed by atoms with Crippen LogP contribution in [0.2, 0.25) is 0 Å². The van der Waals surface area contributed by atoms with E-state index in [0.29, 0.717) is 12.0 Å². The Morgan fingerprint density at radius 3 is 1.75 bits per heavy atom. The number of aromatic carboxylic acids is 2. The maximum Gasteiger partial charge on any atom is 0.335 e. The maximum atomic E-state index is 10.4. The molecular weight excluding hydrogens is 452 g/mol. The summed E-state index contributed by atoms with van der Waals surface area (Å²) in [5.74, 6) is -1.63. The fourth-order valence-electron chi connectivity index (χ4n) is 4.03. The van der Waals surface area contributed by atoms with E-state index in [1.807, 2.05) is 12.1 Å². The van der Waals surface area contributed by atoms with Crippen LogP contribution in [0.4, 0.5) is 5.69 Å². The van der Waals surface area contributed by atoms with E-state index in [1.165, 1.54) is 81.5 Å². The van der Waals surface area contributed by atoms with Crippen molar-refractivity contribution in [3.8, 4) is 0 Å². The van der Waals surface area contributed by atoms with E-state index in [1.54, 1.807) is 0 Å². The molecule has 0 aliphatic rings. The number of unbranched alkanes of at least 4 members (excludes halogenated alkanes) is 6. The summed E-state index contributed by atoms with van der Waals surface area (Å²) in [5.41, 5.74) is 14.3. The lowest BCUT2D eigenvalue weighted by Gasteiger charge is -2.25. The molecule has 200 valence electrons. The molecule has 0 bridgehead atoms. The van der Waals surface area contributed by atoms with Crippen molar-refractivity contribution in [1.29, 1.82) is 0 Å². The van der Waals surface area contributed by atoms with E-state index >= 15 is 0 Å². The van der Waals surface area contributed by atoms with Crippen LogP contribution in [0.1, 0.15) is 112 Å². The Morgan fingerprint density at radius 2 is 1.28 bits per heavy atom. The van der Waals surface area contributed by atoms with Crippen molar-refractivity contribution in [3.63, 3.8) is 0 Å². The van der Waals surface area contributed by atoms with E-state index < -0.39 is 11.9 Å². The van der Waals surface area contributed by atoms with Gasteiger partial charge in [-0.2, -0.15) is 0 Å². The van der Waals surface area contributed by atoms with Crippen LogP contribution in [-0.4, -0.2) is 28.2 Å². The molecule has 6 nitrogen and oxygen atoms in total. The van der Waals surface area contributed by atoms with Gasteiger partial charge in [-0.15, -0.1) is 0 Å². The van der Waals surface area contributed by atoms with Gasteiger partial charge in [-0.05, 0) is 60.1 Å². The molecule has 0 spiro atoms. The number of carboxylic acids is 2. The number of anilines is 1. The molecule has 2 aromatic rings. The van der Waals surface area contributed by atoms with Gasteiger partial charge < -0.3 is 21.7 Å². The normalized spacial score (nSPS) is 12.1. The van der Waals surface area contributed by atoms with Crippen molar-refractivity contribution in [3.05, 3.63) is 65.2 Å². The fraction of sp³-hybridized carbons (Fsp3) is 0.533. The smallest absolute Gasteiger partial charge is 0.335 e. The second-order valence-corrected chi connectivity index (χ2v) is 10.6. The Hall–Kier alpha value is -2.86. The van der Waals surface area contributed by atoms with Gasteiger partial charge in [0.15, 0.2) is 0 Å². The molecule has 2 aromatic carbocycles. The average Bonchev–Trinajstić information content (AvgIpc) is 2.83. The second-order valence-electron chi connectivity index (χ2n) is 10.6. The molecule has 0 fully saturated rings. The average molecular weight is 499 g/mol. The highest BCUT2D eigenvalue weighted by molar-refractivity contribution is 5.93. The van der Waals surface area contributed by atoms with Crippen LogP contribution in [0.25, 0.3) is 0 Å². The Kier molecular flexibility index (Phi) is 13.9. The first-order valence-electron chi connectivity index (χ1n) is 13.1. The van der Waals surface area contributed by atoms with Crippen molar-refractivity contribution >= 4 is 17.6 Å². The van der Waals surface area contributed by atoms with Gasteiger partial charge in [0.2, 0.25) is 0 Å². The van der Waals surface area contributed by atoms with E-state index in [2.05, 4.69) is 39.8 Å². The Labute approximate surface area is 217 Å². The van der Waals surface area contributed by atoms with Crippen molar-refractivity contribution in [2.24, 2.45) is 11.7 Å². The maximum absolute atomic E-state index is 10.4. The molecule has 2 rings (SSSR count). The first-order valence-corrected chi connectivity index (χ1v) is 13.1. The highest BCUT2D eigenvalue weighted by Gasteiger charge is 2.19. The molecular formula is C30H46N2O4. The van der Waals surface area contributed by atoms with Crippen LogP contribution in [0.5, 0.6) is 0 Å². The standard InChI is InChI=1S/C22H40N2.C8H6O4/c1-18(2)21(24)12-10-8-6-5-7-9-11-17-22(3,4)19-13-15-20(23)16-14-19;9-7(10)5-2-1-3-6(4-5)8(11)12/h13-16,18,21H,5-12,17,23-24H2,1-4H3;1-4H,(H,9,10)(H,11,12). The largest absolute Gasteiger partial charge is 0.478 e. The summed E-state index contributed by atoms with van der Waals surface area (Å²) in [6.07, 6.45) is 11.9. The number of benzene rings is 2. The van der Waals surface area contributed by atoms with Gasteiger partial charge in [0, 0.05) is 11.7 Å². The van der Waals surface area contributed by atoms with Crippen molar-refractivity contribution in [2.45, 2.75) is 96.9 Å². The minimum absolute atomic E-state index is 0.0186. The summed E-state index contributed by atoms with van der Waals surface area (Å²) in [5, 5.41) is 17.0. The van der Waals surface area contributed by atoms with Crippen LogP contribution >= 0.6 is 0 Å². The molecule has 0 aliphatic heterocycles. The lowest BCUT2D eigenvalue weighted by molar-refractivity contribution is 0.0696. The number of carboxylic acid groups (broad SMARTS) is 2. The third-order valence-corrected chi connectivity index (χ3v) is 6.74. The molecule has 6 heteroatoms. The van der Waals surface area contributed by atoms with Crippen LogP contribution < -0.4 is 11.5 Å². The van der Waals surface area contributed by atoms with Gasteiger partial charge in [0.1, 0.15) is 0 Å². The number of nitrogens with two attached hydrogens (primary N) is 2. The topological polar surface area (TPSA) is 127 Å². The van der Waals surface area contributed by atoms with E-state index in [0.717, 1.165) is 11.8 Å².